The number of allylic oxidation sites excluding steroid dienone is 2. The van der Waals surface area contributed by atoms with Crippen LogP contribution < -0.4 is 22.1 Å². The minimum Gasteiger partial charge on any atom is -0.506 e. The van der Waals surface area contributed by atoms with Gasteiger partial charge in [0.25, 0.3) is 11.8 Å². The third kappa shape index (κ3) is 6.63. The van der Waals surface area contributed by atoms with Crippen molar-refractivity contribution in [2.75, 3.05) is 10.6 Å². The van der Waals surface area contributed by atoms with Crippen molar-refractivity contribution in [2.45, 2.75) is 53.9 Å². The topological polar surface area (TPSA) is 236 Å². The fourth-order valence-electron chi connectivity index (χ4n) is 5.85. The molecule has 4 aromatic heterocycles. The number of phenols is 1. The van der Waals surface area contributed by atoms with Crippen molar-refractivity contribution < 1.29 is 24.3 Å². The quantitative estimate of drug-likeness (QED) is 0.118. The number of phenolic OH excluding ortho intramolecular Hbond substituents is 1. The highest BCUT2D eigenvalue weighted by molar-refractivity contribution is 6.05. The molecule has 0 saturated carbocycles. The molecule has 0 aliphatic heterocycles. The van der Waals surface area contributed by atoms with Gasteiger partial charge in [0, 0.05) is 37.3 Å². The normalized spacial score (nSPS) is 11.5. The number of anilines is 2. The van der Waals surface area contributed by atoms with Crippen molar-refractivity contribution in [3.8, 4) is 5.75 Å². The molecule has 0 bridgehead atoms. The Labute approximate surface area is 290 Å². The molecule has 0 unspecified atom stereocenters. The summed E-state index contributed by atoms with van der Waals surface area (Å²) in [5.74, 6) is -2.16. The van der Waals surface area contributed by atoms with Crippen LogP contribution in [-0.4, -0.2) is 67.4 Å². The second-order valence-electron chi connectivity index (χ2n) is 11.7. The van der Waals surface area contributed by atoms with Crippen molar-refractivity contribution in [1.82, 2.24) is 38.7 Å². The van der Waals surface area contributed by atoms with Gasteiger partial charge in [0.1, 0.15) is 22.7 Å². The number of imidazole rings is 2. The summed E-state index contributed by atoms with van der Waals surface area (Å²) < 4.78 is 6.50. The molecule has 2 aromatic carbocycles. The van der Waals surface area contributed by atoms with Gasteiger partial charge in [0.2, 0.25) is 23.7 Å². The van der Waals surface area contributed by atoms with Crippen molar-refractivity contribution in [3.63, 3.8) is 0 Å². The van der Waals surface area contributed by atoms with E-state index in [1.165, 1.54) is 12.1 Å². The zero-order valence-corrected chi connectivity index (χ0v) is 28.3. The van der Waals surface area contributed by atoms with Gasteiger partial charge < -0.3 is 25.7 Å². The first-order valence-electron chi connectivity index (χ1n) is 16.1. The molecule has 0 radical (unpaired) electrons. The fourth-order valence-corrected chi connectivity index (χ4v) is 5.85. The molecule has 0 fully saturated rings. The van der Waals surface area contributed by atoms with Crippen LogP contribution in [0.3, 0.4) is 0 Å². The van der Waals surface area contributed by atoms with E-state index in [-0.39, 0.29) is 52.9 Å². The summed E-state index contributed by atoms with van der Waals surface area (Å²) in [5.41, 5.74) is 14.9. The summed E-state index contributed by atoms with van der Waals surface area (Å²) >= 11 is 0. The maximum absolute atomic E-state index is 13.4. The number of aromatic hydroxyl groups is 1. The van der Waals surface area contributed by atoms with Crippen LogP contribution in [-0.2, 0) is 26.2 Å². The maximum Gasteiger partial charge on any atom is 0.276 e. The number of benzene rings is 2. The van der Waals surface area contributed by atoms with Crippen LogP contribution in [0.4, 0.5) is 11.9 Å². The number of aromatic nitrogens is 8. The molecule has 0 spiro atoms. The molecule has 4 heterocycles. The molecular weight excluding hydrogens is 656 g/mol. The highest BCUT2D eigenvalue weighted by atomic mass is 16.3. The Morgan fingerprint density at radius 3 is 1.78 bits per heavy atom. The molecule has 6 aromatic rings. The Bertz CT molecular complexity index is 2390. The van der Waals surface area contributed by atoms with E-state index in [2.05, 4.69) is 30.8 Å². The minimum absolute atomic E-state index is 0.0518. The number of hydrogen-bond acceptors (Lipinski definition) is 9. The van der Waals surface area contributed by atoms with E-state index in [1.807, 2.05) is 13.8 Å². The van der Waals surface area contributed by atoms with Crippen LogP contribution in [0, 0.1) is 13.8 Å². The van der Waals surface area contributed by atoms with Crippen LogP contribution in [0.15, 0.2) is 54.6 Å². The van der Waals surface area contributed by atoms with E-state index in [0.717, 1.165) is 0 Å². The van der Waals surface area contributed by atoms with E-state index in [9.17, 15) is 24.3 Å². The van der Waals surface area contributed by atoms with E-state index in [4.69, 9.17) is 11.5 Å². The third-order valence-electron chi connectivity index (χ3n) is 8.20. The number of nitrogens with zero attached hydrogens (tertiary/aromatic N) is 8. The predicted molar refractivity (Wildman–Crippen MR) is 188 cm³/mol. The van der Waals surface area contributed by atoms with Crippen molar-refractivity contribution in [3.05, 3.63) is 88.5 Å². The Morgan fingerprint density at radius 2 is 1.24 bits per heavy atom. The first kappa shape index (κ1) is 34.1. The van der Waals surface area contributed by atoms with Gasteiger partial charge in [-0.1, -0.05) is 12.2 Å². The SMILES string of the molecule is CCn1nc(C)cc1C(=O)Nc1nc2cc(C(N)=O)ccc2n1C/C=C/Cn1c(NC(=O)c2cc(C)nn2CC)nc2cc(C(N)=O)cc(O)c21. The average molecular weight is 693 g/mol. The smallest absolute Gasteiger partial charge is 0.276 e. The average Bonchev–Trinajstić information content (AvgIpc) is 3.85. The van der Waals surface area contributed by atoms with Gasteiger partial charge in [0.05, 0.1) is 27.9 Å². The third-order valence-corrected chi connectivity index (χ3v) is 8.20. The molecule has 7 N–H and O–H groups in total. The lowest BCUT2D eigenvalue weighted by atomic mass is 10.1. The molecule has 0 atom stereocenters. The summed E-state index contributed by atoms with van der Waals surface area (Å²) in [4.78, 5) is 59.7. The number of hydrogen-bond donors (Lipinski definition) is 5. The lowest BCUT2D eigenvalue weighted by Gasteiger charge is -2.11. The molecule has 6 rings (SSSR count). The van der Waals surface area contributed by atoms with Gasteiger partial charge in [0.15, 0.2) is 0 Å². The van der Waals surface area contributed by atoms with Gasteiger partial charge >= 0.3 is 0 Å². The van der Waals surface area contributed by atoms with Crippen molar-refractivity contribution >= 4 is 57.6 Å². The summed E-state index contributed by atoms with van der Waals surface area (Å²) in [7, 11) is 0. The summed E-state index contributed by atoms with van der Waals surface area (Å²) in [6, 6.07) is 10.8. The molecule has 0 aliphatic rings. The Kier molecular flexibility index (Phi) is 9.10. The number of amides is 4. The summed E-state index contributed by atoms with van der Waals surface area (Å²) in [5, 5.41) is 25.3. The Morgan fingerprint density at radius 1 is 0.725 bits per heavy atom. The molecular formula is C34H36N12O5. The van der Waals surface area contributed by atoms with E-state index in [0.29, 0.717) is 46.9 Å². The van der Waals surface area contributed by atoms with Gasteiger partial charge in [-0.3, -0.25) is 39.2 Å². The van der Waals surface area contributed by atoms with E-state index in [1.54, 1.807) is 74.8 Å². The highest BCUT2D eigenvalue weighted by Crippen LogP contribution is 2.30. The van der Waals surface area contributed by atoms with Crippen molar-refractivity contribution in [1.29, 1.82) is 0 Å². The molecule has 17 heteroatoms. The standard InChI is InChI=1S/C34H36N12O5/c1-5-45-25(13-18(3)41-45)31(50)39-33-37-22-15-20(29(35)48)9-10-24(22)43(33)11-7-8-12-44-28-23(16-21(30(36)49)17-27(28)47)38-34(44)40-32(51)26-14-19(4)42-46(26)6-2/h7-10,13-17,47H,5-6,11-12H2,1-4H3,(H2,35,48)(H2,36,49)(H,37,39,50)(H,38,40,51)/b8-7+. The number of carbonyl (C=O) groups excluding carboxylic acids is 4. The number of nitrogens with one attached hydrogen (secondary N) is 2. The first-order chi connectivity index (χ1) is 24.4. The Balaban J connectivity index is 1.34. The van der Waals surface area contributed by atoms with Gasteiger partial charge in [-0.2, -0.15) is 10.2 Å². The number of fused-ring (bicyclic) bond motifs is 2. The molecule has 17 nitrogen and oxygen atoms in total. The monoisotopic (exact) mass is 692 g/mol. The zero-order chi connectivity index (χ0) is 36.6. The van der Waals surface area contributed by atoms with Gasteiger partial charge in [-0.15, -0.1) is 0 Å². The molecule has 4 amide bonds. The lowest BCUT2D eigenvalue weighted by molar-refractivity contribution is 0.0992. The largest absolute Gasteiger partial charge is 0.506 e. The minimum atomic E-state index is -0.748. The number of carbonyl (C=O) groups is 4. The van der Waals surface area contributed by atoms with Crippen LogP contribution in [0.2, 0.25) is 0 Å². The van der Waals surface area contributed by atoms with Gasteiger partial charge in [-0.25, -0.2) is 9.97 Å². The van der Waals surface area contributed by atoms with Crippen LogP contribution >= 0.6 is 0 Å². The molecule has 262 valence electrons. The molecule has 0 aliphatic carbocycles. The summed E-state index contributed by atoms with van der Waals surface area (Å²) in [6.45, 7) is 8.63. The van der Waals surface area contributed by atoms with E-state index >= 15 is 0 Å². The highest BCUT2D eigenvalue weighted by Gasteiger charge is 2.22. The zero-order valence-electron chi connectivity index (χ0n) is 28.3. The number of rotatable bonds is 12. The van der Waals surface area contributed by atoms with Crippen LogP contribution in [0.25, 0.3) is 22.1 Å². The number of aryl methyl sites for hydroxylation is 4. The van der Waals surface area contributed by atoms with Gasteiger partial charge in [-0.05, 0) is 70.2 Å². The van der Waals surface area contributed by atoms with Crippen LogP contribution in [0.5, 0.6) is 5.75 Å². The van der Waals surface area contributed by atoms with Crippen LogP contribution in [0.1, 0.15) is 66.9 Å². The lowest BCUT2D eigenvalue weighted by Crippen LogP contribution is -2.20. The molecule has 0 saturated heterocycles. The number of nitrogens with two attached hydrogens (primary N) is 2. The molecule has 51 heavy (non-hydrogen) atoms. The van der Waals surface area contributed by atoms with Crippen molar-refractivity contribution in [2.24, 2.45) is 11.5 Å². The maximum atomic E-state index is 13.4. The predicted octanol–water partition coefficient (Wildman–Crippen LogP) is 3.10. The second kappa shape index (κ2) is 13.6. The fraction of sp³-hybridized carbons (Fsp3) is 0.235. The second-order valence-corrected chi connectivity index (χ2v) is 11.7. The first-order valence-corrected chi connectivity index (χ1v) is 16.1. The Hall–Kier alpha value is -6.78. The summed E-state index contributed by atoms with van der Waals surface area (Å²) in [6.07, 6.45) is 3.59. The number of primary amides is 2. The van der Waals surface area contributed by atoms with E-state index < -0.39 is 23.6 Å².